The maximum atomic E-state index is 6.09. The van der Waals surface area contributed by atoms with Gasteiger partial charge in [0.1, 0.15) is 16.8 Å². The highest BCUT2D eigenvalue weighted by atomic mass is 35.5. The van der Waals surface area contributed by atoms with Crippen LogP contribution in [0.2, 0.25) is 5.15 Å². The summed E-state index contributed by atoms with van der Waals surface area (Å²) in [5.74, 6) is 2.38. The zero-order chi connectivity index (χ0) is 13.2. The Bertz CT molecular complexity index is 442. The maximum absolute atomic E-state index is 6.09. The Morgan fingerprint density at radius 3 is 2.53 bits per heavy atom. The van der Waals surface area contributed by atoms with Gasteiger partial charge in [-0.1, -0.05) is 11.6 Å². The second-order valence-electron chi connectivity index (χ2n) is 5.56. The van der Waals surface area contributed by atoms with Crippen molar-refractivity contribution in [1.82, 2.24) is 9.97 Å². The molecule has 0 aromatic carbocycles. The molecule has 0 radical (unpaired) electrons. The van der Waals surface area contributed by atoms with E-state index in [0.717, 1.165) is 16.9 Å². The van der Waals surface area contributed by atoms with Gasteiger partial charge in [0.25, 0.3) is 0 Å². The number of aromatic nitrogens is 2. The summed E-state index contributed by atoms with van der Waals surface area (Å²) in [5.41, 5.74) is 0. The molecule has 1 heterocycles. The predicted molar refractivity (Wildman–Crippen MR) is 82.2 cm³/mol. The summed E-state index contributed by atoms with van der Waals surface area (Å²) in [5, 5.41) is 4.95. The van der Waals surface area contributed by atoms with Crippen LogP contribution < -0.4 is 5.32 Å². The van der Waals surface area contributed by atoms with Gasteiger partial charge in [0, 0.05) is 23.3 Å². The molecule has 5 heteroatoms. The van der Waals surface area contributed by atoms with Crippen LogP contribution in [0.1, 0.15) is 50.3 Å². The van der Waals surface area contributed by atoms with Gasteiger partial charge in [0.15, 0.2) is 0 Å². The van der Waals surface area contributed by atoms with Gasteiger partial charge in [-0.25, -0.2) is 9.97 Å². The number of thioether (sulfide) groups is 1. The minimum atomic E-state index is 0.543. The Morgan fingerprint density at radius 1 is 1.16 bits per heavy atom. The van der Waals surface area contributed by atoms with E-state index in [9.17, 15) is 0 Å². The van der Waals surface area contributed by atoms with E-state index in [1.165, 1.54) is 38.5 Å². The molecule has 2 aliphatic rings. The number of hydrogen-bond donors (Lipinski definition) is 1. The molecule has 0 amide bonds. The lowest BCUT2D eigenvalue weighted by Crippen LogP contribution is -2.27. The summed E-state index contributed by atoms with van der Waals surface area (Å²) >= 11 is 8.09. The van der Waals surface area contributed by atoms with Crippen LogP contribution >= 0.6 is 23.4 Å². The lowest BCUT2D eigenvalue weighted by molar-refractivity contribution is 0.472. The van der Waals surface area contributed by atoms with Crippen LogP contribution in [-0.4, -0.2) is 27.5 Å². The smallest absolute Gasteiger partial charge is 0.135 e. The topological polar surface area (TPSA) is 37.8 Å². The first-order valence-electron chi connectivity index (χ1n) is 7.08. The molecular weight excluding hydrogens is 278 g/mol. The Kier molecular flexibility index (Phi) is 4.18. The first-order chi connectivity index (χ1) is 9.24. The SMILES string of the molecule is CSC1CCC(Nc2cc(Cl)nc(C3CC3)n2)CC1. The van der Waals surface area contributed by atoms with Crippen molar-refractivity contribution in [3.63, 3.8) is 0 Å². The van der Waals surface area contributed by atoms with Crippen molar-refractivity contribution in [3.8, 4) is 0 Å². The first-order valence-corrected chi connectivity index (χ1v) is 8.75. The molecule has 1 aromatic heterocycles. The molecule has 3 rings (SSSR count). The number of nitrogens with zero attached hydrogens (tertiary/aromatic N) is 2. The van der Waals surface area contributed by atoms with E-state index in [1.54, 1.807) is 0 Å². The van der Waals surface area contributed by atoms with Gasteiger partial charge < -0.3 is 5.32 Å². The van der Waals surface area contributed by atoms with Gasteiger partial charge in [-0.05, 0) is 44.8 Å². The first kappa shape index (κ1) is 13.5. The van der Waals surface area contributed by atoms with Crippen molar-refractivity contribution in [2.45, 2.75) is 55.7 Å². The fourth-order valence-electron chi connectivity index (χ4n) is 2.69. The second kappa shape index (κ2) is 5.88. The second-order valence-corrected chi connectivity index (χ2v) is 7.09. The molecule has 1 N–H and O–H groups in total. The van der Waals surface area contributed by atoms with Crippen LogP contribution in [0.4, 0.5) is 5.82 Å². The van der Waals surface area contributed by atoms with Gasteiger partial charge in [-0.15, -0.1) is 0 Å². The van der Waals surface area contributed by atoms with E-state index in [4.69, 9.17) is 11.6 Å². The molecule has 19 heavy (non-hydrogen) atoms. The van der Waals surface area contributed by atoms with Crippen molar-refractivity contribution in [1.29, 1.82) is 0 Å². The lowest BCUT2D eigenvalue weighted by Gasteiger charge is -2.28. The van der Waals surface area contributed by atoms with Crippen LogP contribution in [0.5, 0.6) is 0 Å². The largest absolute Gasteiger partial charge is 0.367 e. The number of nitrogens with one attached hydrogen (secondary N) is 1. The average Bonchev–Trinajstić information content (AvgIpc) is 3.23. The van der Waals surface area contributed by atoms with E-state index in [0.29, 0.717) is 17.1 Å². The molecule has 0 spiro atoms. The normalized spacial score (nSPS) is 27.3. The molecule has 2 aliphatic carbocycles. The average molecular weight is 298 g/mol. The maximum Gasteiger partial charge on any atom is 0.135 e. The van der Waals surface area contributed by atoms with Crippen LogP contribution in [0.25, 0.3) is 0 Å². The van der Waals surface area contributed by atoms with E-state index < -0.39 is 0 Å². The van der Waals surface area contributed by atoms with Crippen molar-refractivity contribution in [2.24, 2.45) is 0 Å². The minimum absolute atomic E-state index is 0.543. The van der Waals surface area contributed by atoms with E-state index in [-0.39, 0.29) is 0 Å². The fraction of sp³-hybridized carbons (Fsp3) is 0.714. The summed E-state index contributed by atoms with van der Waals surface area (Å²) in [7, 11) is 0. The number of halogens is 1. The van der Waals surface area contributed by atoms with E-state index >= 15 is 0 Å². The highest BCUT2D eigenvalue weighted by Crippen LogP contribution is 2.39. The van der Waals surface area contributed by atoms with Crippen molar-refractivity contribution in [3.05, 3.63) is 17.0 Å². The molecule has 0 unspecified atom stereocenters. The Labute approximate surface area is 123 Å². The molecular formula is C14H20ClN3S. The molecule has 1 aromatic rings. The highest BCUT2D eigenvalue weighted by molar-refractivity contribution is 7.99. The van der Waals surface area contributed by atoms with Crippen LogP contribution in [0.3, 0.4) is 0 Å². The van der Waals surface area contributed by atoms with Gasteiger partial charge in [-0.3, -0.25) is 0 Å². The van der Waals surface area contributed by atoms with Gasteiger partial charge in [-0.2, -0.15) is 11.8 Å². The summed E-state index contributed by atoms with van der Waals surface area (Å²) < 4.78 is 0. The van der Waals surface area contributed by atoms with Gasteiger partial charge in [0.05, 0.1) is 0 Å². The Morgan fingerprint density at radius 2 is 1.89 bits per heavy atom. The fourth-order valence-corrected chi connectivity index (χ4v) is 3.62. The molecule has 2 fully saturated rings. The van der Waals surface area contributed by atoms with E-state index in [2.05, 4.69) is 21.5 Å². The van der Waals surface area contributed by atoms with Gasteiger partial charge >= 0.3 is 0 Å². The standard InChI is InChI=1S/C14H20ClN3S/c1-19-11-6-4-10(5-7-11)16-13-8-12(15)17-14(18-13)9-2-3-9/h8-11H,2-7H2,1H3,(H,16,17,18). The number of rotatable bonds is 4. The summed E-state index contributed by atoms with van der Waals surface area (Å²) in [6, 6.07) is 2.40. The van der Waals surface area contributed by atoms with Gasteiger partial charge in [0.2, 0.25) is 0 Å². The highest BCUT2D eigenvalue weighted by Gasteiger charge is 2.27. The van der Waals surface area contributed by atoms with Crippen molar-refractivity contribution in [2.75, 3.05) is 11.6 Å². The minimum Gasteiger partial charge on any atom is -0.367 e. The zero-order valence-electron chi connectivity index (χ0n) is 11.2. The van der Waals surface area contributed by atoms with E-state index in [1.807, 2.05) is 17.8 Å². The zero-order valence-corrected chi connectivity index (χ0v) is 12.8. The van der Waals surface area contributed by atoms with Crippen molar-refractivity contribution < 1.29 is 0 Å². The third-order valence-corrected chi connectivity index (χ3v) is 5.35. The number of hydrogen-bond acceptors (Lipinski definition) is 4. The molecule has 0 bridgehead atoms. The molecule has 2 saturated carbocycles. The molecule has 104 valence electrons. The number of anilines is 1. The molecule has 3 nitrogen and oxygen atoms in total. The quantitative estimate of drug-likeness (QED) is 0.849. The third-order valence-electron chi connectivity index (χ3n) is 4.01. The summed E-state index contributed by atoms with van der Waals surface area (Å²) in [4.78, 5) is 8.94. The Hall–Kier alpha value is -0.480. The third kappa shape index (κ3) is 3.54. The molecule has 0 atom stereocenters. The summed E-state index contributed by atoms with van der Waals surface area (Å²) in [6.07, 6.45) is 9.68. The predicted octanol–water partition coefficient (Wildman–Crippen LogP) is 4.09. The molecule has 0 aliphatic heterocycles. The van der Waals surface area contributed by atoms with Crippen molar-refractivity contribution >= 4 is 29.2 Å². The van der Waals surface area contributed by atoms with Crippen LogP contribution in [0, 0.1) is 0 Å². The van der Waals surface area contributed by atoms with Crippen LogP contribution in [0.15, 0.2) is 6.07 Å². The Balaban J connectivity index is 1.63. The van der Waals surface area contributed by atoms with Crippen LogP contribution in [-0.2, 0) is 0 Å². The lowest BCUT2D eigenvalue weighted by atomic mass is 9.95. The monoisotopic (exact) mass is 297 g/mol. The molecule has 0 saturated heterocycles. The summed E-state index contributed by atoms with van der Waals surface area (Å²) in [6.45, 7) is 0.